The number of esters is 1. The quantitative estimate of drug-likeness (QED) is 0.253. The summed E-state index contributed by atoms with van der Waals surface area (Å²) in [6, 6.07) is 14.1. The SMILES string of the molecule is COc1ccc(C(OC(=O)c2ccccc2)C(Cl)(Cl)[N+](=O)[O-])cc1. The van der Waals surface area contributed by atoms with E-state index in [9.17, 15) is 14.9 Å². The fourth-order valence-electron chi connectivity index (χ4n) is 1.96. The number of nitrogens with zero attached hydrogens (tertiary/aromatic N) is 1. The van der Waals surface area contributed by atoms with E-state index in [1.54, 1.807) is 30.3 Å². The molecule has 0 radical (unpaired) electrons. The van der Waals surface area contributed by atoms with Gasteiger partial charge in [-0.05, 0) is 47.5 Å². The van der Waals surface area contributed by atoms with Crippen LogP contribution in [-0.4, -0.2) is 22.5 Å². The van der Waals surface area contributed by atoms with Gasteiger partial charge in [0.15, 0.2) is 0 Å². The molecule has 1 atom stereocenters. The van der Waals surface area contributed by atoms with Crippen LogP contribution in [0.3, 0.4) is 0 Å². The monoisotopic (exact) mass is 369 g/mol. The lowest BCUT2D eigenvalue weighted by atomic mass is 10.1. The number of ether oxygens (including phenoxy) is 2. The van der Waals surface area contributed by atoms with Gasteiger partial charge in [0.25, 0.3) is 0 Å². The molecule has 8 heteroatoms. The van der Waals surface area contributed by atoms with E-state index in [2.05, 4.69) is 0 Å². The molecule has 6 nitrogen and oxygen atoms in total. The van der Waals surface area contributed by atoms with Crippen molar-refractivity contribution in [2.45, 2.75) is 10.6 Å². The Bertz CT molecular complexity index is 719. The molecule has 0 aliphatic heterocycles. The molecular formula is C16H13Cl2NO5. The van der Waals surface area contributed by atoms with Crippen molar-refractivity contribution < 1.29 is 19.2 Å². The van der Waals surface area contributed by atoms with Gasteiger partial charge < -0.3 is 9.47 Å². The number of halogens is 2. The summed E-state index contributed by atoms with van der Waals surface area (Å²) in [5, 5.41) is 11.2. The number of hydrogen-bond acceptors (Lipinski definition) is 5. The summed E-state index contributed by atoms with van der Waals surface area (Å²) in [5.74, 6) is -0.244. The molecule has 24 heavy (non-hydrogen) atoms. The average molecular weight is 370 g/mol. The number of methoxy groups -OCH3 is 1. The fraction of sp³-hybridized carbons (Fsp3) is 0.188. The Balaban J connectivity index is 2.36. The Kier molecular flexibility index (Phi) is 5.64. The summed E-state index contributed by atoms with van der Waals surface area (Å²) in [6.45, 7) is 0. The van der Waals surface area contributed by atoms with Crippen molar-refractivity contribution >= 4 is 29.2 Å². The molecule has 0 heterocycles. The van der Waals surface area contributed by atoms with Gasteiger partial charge in [-0.2, -0.15) is 0 Å². The van der Waals surface area contributed by atoms with E-state index in [1.807, 2.05) is 0 Å². The molecule has 0 amide bonds. The Morgan fingerprint density at radius 3 is 2.21 bits per heavy atom. The molecule has 126 valence electrons. The third-order valence-corrected chi connectivity index (χ3v) is 3.88. The van der Waals surface area contributed by atoms with Crippen LogP contribution in [0.1, 0.15) is 22.0 Å². The molecule has 0 aromatic heterocycles. The van der Waals surface area contributed by atoms with Gasteiger partial charge >= 0.3 is 10.4 Å². The predicted molar refractivity (Wildman–Crippen MR) is 89.0 cm³/mol. The molecule has 0 saturated carbocycles. The summed E-state index contributed by atoms with van der Waals surface area (Å²) in [5.41, 5.74) is 0.491. The van der Waals surface area contributed by atoms with Crippen LogP contribution in [0.25, 0.3) is 0 Å². The number of benzene rings is 2. The second-order valence-electron chi connectivity index (χ2n) is 4.77. The van der Waals surface area contributed by atoms with Gasteiger partial charge in [0.2, 0.25) is 6.10 Å². The van der Waals surface area contributed by atoms with Crippen LogP contribution in [-0.2, 0) is 4.74 Å². The first-order valence-electron chi connectivity index (χ1n) is 6.78. The largest absolute Gasteiger partial charge is 0.497 e. The van der Waals surface area contributed by atoms with Crippen LogP contribution in [0.2, 0.25) is 0 Å². The lowest BCUT2D eigenvalue weighted by Crippen LogP contribution is -2.35. The molecule has 2 rings (SSSR count). The van der Waals surface area contributed by atoms with Crippen LogP contribution in [0, 0.1) is 10.1 Å². The van der Waals surface area contributed by atoms with Crippen molar-refractivity contribution in [3.63, 3.8) is 0 Å². The summed E-state index contributed by atoms with van der Waals surface area (Å²) in [6.07, 6.45) is -1.51. The van der Waals surface area contributed by atoms with Crippen molar-refractivity contribution in [1.29, 1.82) is 0 Å². The van der Waals surface area contributed by atoms with Crippen molar-refractivity contribution in [1.82, 2.24) is 0 Å². The number of rotatable bonds is 6. The molecule has 2 aromatic carbocycles. The molecule has 0 bridgehead atoms. The van der Waals surface area contributed by atoms with E-state index in [1.165, 1.54) is 31.4 Å². The maximum atomic E-state index is 12.2. The molecule has 0 saturated heterocycles. The van der Waals surface area contributed by atoms with E-state index in [0.29, 0.717) is 5.75 Å². The molecule has 0 spiro atoms. The van der Waals surface area contributed by atoms with Crippen molar-refractivity contribution in [2.24, 2.45) is 0 Å². The normalized spacial score (nSPS) is 12.3. The second-order valence-corrected chi connectivity index (χ2v) is 6.12. The molecule has 0 aliphatic rings. The first kappa shape index (κ1) is 18.0. The lowest BCUT2D eigenvalue weighted by molar-refractivity contribution is -0.528. The van der Waals surface area contributed by atoms with Crippen LogP contribution in [0.4, 0.5) is 0 Å². The minimum atomic E-state index is -2.54. The van der Waals surface area contributed by atoms with E-state index in [0.717, 1.165) is 0 Å². The highest BCUT2D eigenvalue weighted by Gasteiger charge is 2.51. The maximum Gasteiger partial charge on any atom is 0.411 e. The van der Waals surface area contributed by atoms with Crippen LogP contribution in [0.5, 0.6) is 5.75 Å². The van der Waals surface area contributed by atoms with E-state index in [-0.39, 0.29) is 11.1 Å². The summed E-state index contributed by atoms with van der Waals surface area (Å²) >= 11 is 11.7. The van der Waals surface area contributed by atoms with E-state index < -0.39 is 21.5 Å². The van der Waals surface area contributed by atoms with Crippen LogP contribution < -0.4 is 4.74 Å². The van der Waals surface area contributed by atoms with Gasteiger partial charge in [0.1, 0.15) is 5.75 Å². The Hall–Kier alpha value is -2.31. The van der Waals surface area contributed by atoms with E-state index in [4.69, 9.17) is 32.7 Å². The highest BCUT2D eigenvalue weighted by molar-refractivity contribution is 6.47. The minimum absolute atomic E-state index is 0.225. The smallest absolute Gasteiger partial charge is 0.411 e. The van der Waals surface area contributed by atoms with Gasteiger partial charge in [-0.3, -0.25) is 10.1 Å². The number of carbonyl (C=O) groups excluding carboxylic acids is 1. The Labute approximate surface area is 148 Å². The van der Waals surface area contributed by atoms with Crippen molar-refractivity contribution in [2.75, 3.05) is 7.11 Å². The van der Waals surface area contributed by atoms with Crippen LogP contribution >= 0.6 is 23.2 Å². The topological polar surface area (TPSA) is 78.7 Å². The minimum Gasteiger partial charge on any atom is -0.497 e. The zero-order valence-corrected chi connectivity index (χ0v) is 14.0. The first-order valence-corrected chi connectivity index (χ1v) is 7.54. The van der Waals surface area contributed by atoms with Crippen molar-refractivity contribution in [3.05, 3.63) is 75.8 Å². The number of nitro groups is 1. The zero-order chi connectivity index (χ0) is 17.7. The Morgan fingerprint density at radius 1 is 1.12 bits per heavy atom. The average Bonchev–Trinajstić information content (AvgIpc) is 2.60. The Morgan fingerprint density at radius 2 is 1.71 bits per heavy atom. The summed E-state index contributed by atoms with van der Waals surface area (Å²) < 4.78 is 7.72. The van der Waals surface area contributed by atoms with Crippen molar-refractivity contribution in [3.8, 4) is 5.75 Å². The van der Waals surface area contributed by atoms with Crippen LogP contribution in [0.15, 0.2) is 54.6 Å². The molecule has 0 fully saturated rings. The summed E-state index contributed by atoms with van der Waals surface area (Å²) in [4.78, 5) is 22.5. The molecule has 1 unspecified atom stereocenters. The maximum absolute atomic E-state index is 12.2. The third-order valence-electron chi connectivity index (χ3n) is 3.21. The van der Waals surface area contributed by atoms with Gasteiger partial charge in [-0.25, -0.2) is 4.79 Å². The second kappa shape index (κ2) is 7.51. The molecule has 2 aromatic rings. The number of carbonyl (C=O) groups is 1. The van der Waals surface area contributed by atoms with Gasteiger partial charge in [0.05, 0.1) is 17.6 Å². The fourth-order valence-corrected chi connectivity index (χ4v) is 2.30. The van der Waals surface area contributed by atoms with Gasteiger partial charge in [0, 0.05) is 5.56 Å². The predicted octanol–water partition coefficient (Wildman–Crippen LogP) is 4.00. The number of alkyl halides is 2. The third kappa shape index (κ3) is 3.96. The highest BCUT2D eigenvalue weighted by Crippen LogP contribution is 2.40. The molecular weight excluding hydrogens is 357 g/mol. The van der Waals surface area contributed by atoms with Gasteiger partial charge in [-0.15, -0.1) is 0 Å². The molecule has 0 N–H and O–H groups in total. The van der Waals surface area contributed by atoms with E-state index >= 15 is 0 Å². The first-order chi connectivity index (χ1) is 11.4. The zero-order valence-electron chi connectivity index (χ0n) is 12.5. The highest BCUT2D eigenvalue weighted by atomic mass is 35.5. The lowest BCUT2D eigenvalue weighted by Gasteiger charge is -2.23. The standard InChI is InChI=1S/C16H13Cl2NO5/c1-23-13-9-7-11(8-10-13)14(16(17,18)19(21)22)24-15(20)12-5-3-2-4-6-12/h2-10,14H,1H3. The summed E-state index contributed by atoms with van der Waals surface area (Å²) in [7, 11) is 1.48. The number of hydrogen-bond donors (Lipinski definition) is 0. The van der Waals surface area contributed by atoms with Gasteiger partial charge in [-0.1, -0.05) is 30.3 Å². The molecule has 0 aliphatic carbocycles.